The molecule has 4 aromatic rings. The maximum Gasteiger partial charge on any atom is 0.243 e. The first-order valence-electron chi connectivity index (χ1n) is 10.1. The molecule has 1 aromatic heterocycles. The zero-order chi connectivity index (χ0) is 21.8. The van der Waals surface area contributed by atoms with Gasteiger partial charge in [-0.05, 0) is 43.2 Å². The highest BCUT2D eigenvalue weighted by Gasteiger charge is 2.26. The van der Waals surface area contributed by atoms with Crippen LogP contribution in [0.3, 0.4) is 0 Å². The third-order valence-corrected chi connectivity index (χ3v) is 6.94. The largest absolute Gasteiger partial charge is 0.356 e. The molecule has 0 fully saturated rings. The summed E-state index contributed by atoms with van der Waals surface area (Å²) >= 11 is 0. The van der Waals surface area contributed by atoms with E-state index in [1.165, 1.54) is 4.31 Å². The number of sulfonamides is 1. The summed E-state index contributed by atoms with van der Waals surface area (Å²) in [6.07, 6.45) is 0. The Labute approximate surface area is 183 Å². The van der Waals surface area contributed by atoms with Gasteiger partial charge in [-0.1, -0.05) is 71.4 Å². The predicted molar refractivity (Wildman–Crippen MR) is 121 cm³/mol. The van der Waals surface area contributed by atoms with Crippen molar-refractivity contribution in [2.45, 2.75) is 31.8 Å². The molecule has 0 spiro atoms. The molecule has 0 saturated heterocycles. The van der Waals surface area contributed by atoms with Crippen LogP contribution < -0.4 is 0 Å². The summed E-state index contributed by atoms with van der Waals surface area (Å²) in [6.45, 7) is 4.39. The average molecular weight is 433 g/mol. The maximum atomic E-state index is 13.4. The van der Waals surface area contributed by atoms with Crippen LogP contribution in [0.5, 0.6) is 0 Å². The number of hydrogen-bond donors (Lipinski definition) is 0. The van der Waals surface area contributed by atoms with Gasteiger partial charge in [-0.3, -0.25) is 0 Å². The van der Waals surface area contributed by atoms with E-state index in [4.69, 9.17) is 4.52 Å². The number of nitrogens with zero attached hydrogens (tertiary/aromatic N) is 2. The molecule has 0 aliphatic carbocycles. The van der Waals surface area contributed by atoms with Crippen molar-refractivity contribution in [3.63, 3.8) is 0 Å². The Bertz CT molecular complexity index is 1270. The van der Waals surface area contributed by atoms with Crippen LogP contribution in [-0.2, 0) is 23.1 Å². The molecule has 0 aliphatic heterocycles. The van der Waals surface area contributed by atoms with E-state index in [1.54, 1.807) is 30.3 Å². The van der Waals surface area contributed by atoms with Crippen LogP contribution >= 0.6 is 0 Å². The first-order chi connectivity index (χ1) is 14.9. The Balaban J connectivity index is 1.67. The van der Waals surface area contributed by atoms with Gasteiger partial charge in [0.25, 0.3) is 0 Å². The van der Waals surface area contributed by atoms with Crippen LogP contribution in [0.4, 0.5) is 0 Å². The van der Waals surface area contributed by atoms with Gasteiger partial charge in [0.1, 0.15) is 0 Å². The highest BCUT2D eigenvalue weighted by Crippen LogP contribution is 2.27. The molecule has 0 saturated carbocycles. The van der Waals surface area contributed by atoms with E-state index in [9.17, 15) is 8.42 Å². The number of benzene rings is 3. The molecule has 0 N–H and O–H groups in total. The van der Waals surface area contributed by atoms with Gasteiger partial charge < -0.3 is 4.52 Å². The van der Waals surface area contributed by atoms with Gasteiger partial charge in [-0.25, -0.2) is 8.42 Å². The Kier molecular flexibility index (Phi) is 6.02. The standard InChI is InChI=1S/C25H24N2O3S/c1-19-13-14-20(2)24(15-19)25-16-22(26-30-25)18-27(17-21-9-5-3-6-10-21)31(28,29)23-11-7-4-8-12-23/h3-16H,17-18H2,1-2H3. The normalized spacial score (nSPS) is 11.7. The van der Waals surface area contributed by atoms with Crippen LogP contribution in [0.15, 0.2) is 94.3 Å². The zero-order valence-electron chi connectivity index (χ0n) is 17.5. The first kappa shape index (κ1) is 21.0. The van der Waals surface area contributed by atoms with Crippen molar-refractivity contribution in [1.82, 2.24) is 9.46 Å². The smallest absolute Gasteiger partial charge is 0.243 e. The molecule has 3 aromatic carbocycles. The zero-order valence-corrected chi connectivity index (χ0v) is 18.3. The van der Waals surface area contributed by atoms with Crippen molar-refractivity contribution in [1.29, 1.82) is 0 Å². The summed E-state index contributed by atoms with van der Waals surface area (Å²) in [7, 11) is -3.72. The number of hydrogen-bond acceptors (Lipinski definition) is 4. The minimum Gasteiger partial charge on any atom is -0.356 e. The second-order valence-electron chi connectivity index (χ2n) is 7.57. The predicted octanol–water partition coefficient (Wildman–Crippen LogP) is 5.35. The van der Waals surface area contributed by atoms with Crippen LogP contribution in [0.25, 0.3) is 11.3 Å². The minimum atomic E-state index is -3.72. The fourth-order valence-corrected chi connectivity index (χ4v) is 4.87. The van der Waals surface area contributed by atoms with Crippen molar-refractivity contribution in [2.24, 2.45) is 0 Å². The van der Waals surface area contributed by atoms with Crippen LogP contribution in [0.2, 0.25) is 0 Å². The highest BCUT2D eigenvalue weighted by atomic mass is 32.2. The van der Waals surface area contributed by atoms with Crippen molar-refractivity contribution in [3.8, 4) is 11.3 Å². The van der Waals surface area contributed by atoms with Gasteiger partial charge in [0.15, 0.2) is 5.76 Å². The lowest BCUT2D eigenvalue weighted by molar-refractivity contribution is 0.372. The van der Waals surface area contributed by atoms with Crippen LogP contribution in [-0.4, -0.2) is 17.9 Å². The molecule has 4 rings (SSSR count). The van der Waals surface area contributed by atoms with Gasteiger partial charge in [0.2, 0.25) is 10.0 Å². The maximum absolute atomic E-state index is 13.4. The Morgan fingerprint density at radius 2 is 1.52 bits per heavy atom. The molecule has 0 atom stereocenters. The molecule has 0 unspecified atom stereocenters. The fourth-order valence-electron chi connectivity index (χ4n) is 3.45. The molecule has 31 heavy (non-hydrogen) atoms. The lowest BCUT2D eigenvalue weighted by Gasteiger charge is -2.21. The molecule has 0 radical (unpaired) electrons. The second-order valence-corrected chi connectivity index (χ2v) is 9.51. The topological polar surface area (TPSA) is 63.4 Å². The summed E-state index contributed by atoms with van der Waals surface area (Å²) in [5, 5.41) is 4.17. The van der Waals surface area contributed by atoms with Crippen molar-refractivity contribution < 1.29 is 12.9 Å². The third-order valence-electron chi connectivity index (χ3n) is 5.14. The fraction of sp³-hybridized carbons (Fsp3) is 0.160. The lowest BCUT2D eigenvalue weighted by atomic mass is 10.0. The number of rotatable bonds is 7. The van der Waals surface area contributed by atoms with Crippen molar-refractivity contribution in [2.75, 3.05) is 0 Å². The summed E-state index contributed by atoms with van der Waals surface area (Å²) in [4.78, 5) is 0.254. The highest BCUT2D eigenvalue weighted by molar-refractivity contribution is 7.89. The van der Waals surface area contributed by atoms with Gasteiger partial charge in [0, 0.05) is 18.2 Å². The van der Waals surface area contributed by atoms with Crippen LogP contribution in [0, 0.1) is 13.8 Å². The van der Waals surface area contributed by atoms with E-state index < -0.39 is 10.0 Å². The molecule has 0 amide bonds. The van der Waals surface area contributed by atoms with E-state index in [0.717, 1.165) is 22.3 Å². The van der Waals surface area contributed by atoms with Gasteiger partial charge >= 0.3 is 0 Å². The lowest BCUT2D eigenvalue weighted by Crippen LogP contribution is -2.30. The van der Waals surface area contributed by atoms with Crippen molar-refractivity contribution in [3.05, 3.63) is 107 Å². The molecular formula is C25H24N2O3S. The molecule has 0 bridgehead atoms. The quantitative estimate of drug-likeness (QED) is 0.395. The summed E-state index contributed by atoms with van der Waals surface area (Å²) in [5.74, 6) is 0.632. The molecule has 158 valence electrons. The van der Waals surface area contributed by atoms with E-state index in [0.29, 0.717) is 11.5 Å². The van der Waals surface area contributed by atoms with E-state index in [-0.39, 0.29) is 18.0 Å². The third kappa shape index (κ3) is 4.76. The Morgan fingerprint density at radius 1 is 0.839 bits per heavy atom. The van der Waals surface area contributed by atoms with E-state index in [2.05, 4.69) is 5.16 Å². The SMILES string of the molecule is Cc1ccc(C)c(-c2cc(CN(Cc3ccccc3)S(=O)(=O)c3ccccc3)no2)c1. The Hall–Kier alpha value is -3.22. The van der Waals surface area contributed by atoms with Crippen molar-refractivity contribution >= 4 is 10.0 Å². The second kappa shape index (κ2) is 8.88. The monoisotopic (exact) mass is 432 g/mol. The number of aryl methyl sites for hydroxylation is 2. The molecule has 5 nitrogen and oxygen atoms in total. The van der Waals surface area contributed by atoms with E-state index in [1.807, 2.05) is 68.4 Å². The van der Waals surface area contributed by atoms with Gasteiger partial charge in [0.05, 0.1) is 17.1 Å². The average Bonchev–Trinajstić information content (AvgIpc) is 3.25. The summed E-state index contributed by atoms with van der Waals surface area (Å²) in [5.41, 5.74) is 4.62. The van der Waals surface area contributed by atoms with Gasteiger partial charge in [-0.15, -0.1) is 0 Å². The minimum absolute atomic E-state index is 0.112. The summed E-state index contributed by atoms with van der Waals surface area (Å²) < 4.78 is 33.8. The molecular weight excluding hydrogens is 408 g/mol. The van der Waals surface area contributed by atoms with E-state index >= 15 is 0 Å². The summed E-state index contributed by atoms with van der Waals surface area (Å²) in [6, 6.07) is 26.0. The first-order valence-corrected chi connectivity index (χ1v) is 11.5. The molecule has 1 heterocycles. The molecule has 6 heteroatoms. The Morgan fingerprint density at radius 3 is 2.23 bits per heavy atom. The number of aromatic nitrogens is 1. The molecule has 0 aliphatic rings. The van der Waals surface area contributed by atoms with Gasteiger partial charge in [-0.2, -0.15) is 4.31 Å². The van der Waals surface area contributed by atoms with Crippen LogP contribution in [0.1, 0.15) is 22.4 Å².